The van der Waals surface area contributed by atoms with Crippen molar-refractivity contribution in [3.63, 3.8) is 0 Å². The number of hydrogen-bond donors (Lipinski definition) is 1. The number of rotatable bonds is 11. The predicted octanol–water partition coefficient (Wildman–Crippen LogP) is 12.9. The van der Waals surface area contributed by atoms with Gasteiger partial charge in [0, 0.05) is 28.5 Å². The Labute approximate surface area is 368 Å². The third-order valence-corrected chi connectivity index (χ3v) is 11.3. The van der Waals surface area contributed by atoms with E-state index in [0.717, 1.165) is 79.9 Å². The summed E-state index contributed by atoms with van der Waals surface area (Å²) in [4.78, 5) is 15.3. The van der Waals surface area contributed by atoms with Gasteiger partial charge in [0.15, 0.2) is 5.82 Å². The molecule has 0 bridgehead atoms. The van der Waals surface area contributed by atoms with Gasteiger partial charge in [-0.25, -0.2) is 9.97 Å². The molecule has 4 heteroatoms. The Morgan fingerprint density at radius 3 is 1.92 bits per heavy atom. The minimum absolute atomic E-state index is 0.348. The monoisotopic (exact) mass is 808 g/mol. The van der Waals surface area contributed by atoms with Crippen LogP contribution in [0.3, 0.4) is 0 Å². The number of nitrogens with one attached hydrogen (secondary N) is 1. The van der Waals surface area contributed by atoms with Crippen LogP contribution >= 0.6 is 0 Å². The first-order chi connectivity index (χ1) is 31.0. The molecule has 1 heterocycles. The zero-order chi connectivity index (χ0) is 43.0. The van der Waals surface area contributed by atoms with Crippen molar-refractivity contribution in [2.45, 2.75) is 19.8 Å². The van der Waals surface area contributed by atoms with E-state index in [1.54, 1.807) is 12.2 Å². The lowest BCUT2D eigenvalue weighted by molar-refractivity contribution is 1.12. The minimum atomic E-state index is 0.348. The first kappa shape index (κ1) is 40.2. The molecule has 7 aromatic carbocycles. The Hall–Kier alpha value is -8.26. The summed E-state index contributed by atoms with van der Waals surface area (Å²) < 4.78 is 0. The van der Waals surface area contributed by atoms with E-state index < -0.39 is 0 Å². The Balaban J connectivity index is 1.25. The molecule has 1 aromatic heterocycles. The molecule has 0 atom stereocenters. The van der Waals surface area contributed by atoms with Gasteiger partial charge in [-0.15, -0.1) is 6.42 Å². The molecular weight excluding hydrogens is 765 g/mol. The fraction of sp³-hybridized carbons (Fsp3) is 0.0508. The number of terminal acetylenes is 1. The van der Waals surface area contributed by atoms with Crippen molar-refractivity contribution in [3.05, 3.63) is 221 Å². The summed E-state index contributed by atoms with van der Waals surface area (Å²) in [6.45, 7) is 1.91. The van der Waals surface area contributed by atoms with E-state index in [2.05, 4.69) is 121 Å². The van der Waals surface area contributed by atoms with Crippen LogP contribution < -0.4 is 10.4 Å². The average Bonchev–Trinajstić information content (AvgIpc) is 3.35. The van der Waals surface area contributed by atoms with Crippen molar-refractivity contribution in [1.82, 2.24) is 9.97 Å². The summed E-state index contributed by atoms with van der Waals surface area (Å²) in [6.07, 6.45) is 21.1. The van der Waals surface area contributed by atoms with Gasteiger partial charge in [0.1, 0.15) is 0 Å². The molecule has 9 rings (SSSR count). The van der Waals surface area contributed by atoms with E-state index in [4.69, 9.17) is 26.8 Å². The SMILES string of the molecule is C#C/C=C\C=C(/C)C(=N)/C=C(\N=Cc1ccccc1)c1cccc(-c2c(-c3cccc(-c4cc(-c5ccccc5)nc(-c5ccccc5)n4)c3)c3ccccc3c3c2=CCCC=3)c1. The molecule has 1 N–H and O–H groups in total. The molecule has 4 nitrogen and oxygen atoms in total. The lowest BCUT2D eigenvalue weighted by atomic mass is 9.84. The van der Waals surface area contributed by atoms with Crippen molar-refractivity contribution in [2.75, 3.05) is 0 Å². The van der Waals surface area contributed by atoms with Crippen molar-refractivity contribution < 1.29 is 0 Å². The molecule has 0 aliphatic heterocycles. The van der Waals surface area contributed by atoms with Crippen molar-refractivity contribution in [3.8, 4) is 68.5 Å². The maximum absolute atomic E-state index is 9.07. The van der Waals surface area contributed by atoms with E-state index in [9.17, 15) is 0 Å². The van der Waals surface area contributed by atoms with Crippen LogP contribution in [0.5, 0.6) is 0 Å². The lowest BCUT2D eigenvalue weighted by Crippen LogP contribution is -2.30. The zero-order valence-electron chi connectivity index (χ0n) is 35.0. The highest BCUT2D eigenvalue weighted by Crippen LogP contribution is 2.38. The normalized spacial score (nSPS) is 12.8. The van der Waals surface area contributed by atoms with Gasteiger partial charge in [0.2, 0.25) is 0 Å². The predicted molar refractivity (Wildman–Crippen MR) is 266 cm³/mol. The average molecular weight is 809 g/mol. The molecule has 0 fully saturated rings. The molecule has 1 aliphatic carbocycles. The van der Waals surface area contributed by atoms with Gasteiger partial charge in [-0.3, -0.25) is 4.99 Å². The van der Waals surface area contributed by atoms with E-state index in [1.165, 1.54) is 21.2 Å². The van der Waals surface area contributed by atoms with Gasteiger partial charge in [0.05, 0.1) is 22.8 Å². The first-order valence-corrected chi connectivity index (χ1v) is 21.2. The van der Waals surface area contributed by atoms with Crippen LogP contribution in [0.15, 0.2) is 205 Å². The van der Waals surface area contributed by atoms with Crippen molar-refractivity contribution in [1.29, 1.82) is 5.41 Å². The number of benzene rings is 7. The van der Waals surface area contributed by atoms with Crippen LogP contribution in [-0.2, 0) is 0 Å². The fourth-order valence-corrected chi connectivity index (χ4v) is 8.17. The highest BCUT2D eigenvalue weighted by atomic mass is 14.9. The summed E-state index contributed by atoms with van der Waals surface area (Å²) in [6, 6.07) is 58.8. The summed E-state index contributed by atoms with van der Waals surface area (Å²) in [7, 11) is 0. The zero-order valence-corrected chi connectivity index (χ0v) is 35.0. The summed E-state index contributed by atoms with van der Waals surface area (Å²) in [5.41, 5.74) is 12.9. The van der Waals surface area contributed by atoms with Crippen LogP contribution in [0, 0.1) is 17.8 Å². The highest BCUT2D eigenvalue weighted by Gasteiger charge is 2.19. The van der Waals surface area contributed by atoms with E-state index >= 15 is 0 Å². The number of hydrogen-bond acceptors (Lipinski definition) is 4. The molecule has 0 spiro atoms. The first-order valence-electron chi connectivity index (χ1n) is 21.2. The molecule has 0 saturated carbocycles. The number of nitrogens with zero attached hydrogens (tertiary/aromatic N) is 3. The van der Waals surface area contributed by atoms with Crippen LogP contribution in [-0.4, -0.2) is 21.9 Å². The standard InChI is InChI=1S/C59H44N4/c1-3-4-8-21-41(2)53(60)38-54(61-40-42-22-9-5-10-23-42)45-28-19-30-47(36-45)57-51-34-17-15-32-49(51)50-33-16-18-35-52(50)58(57)48-31-20-29-46(37-48)56-39-55(43-24-11-6-12-25-43)62-59(63-56)44-26-13-7-14-27-44/h1,4-14,16,18-40,60H,15,17H2,2H3/b8-4-,41-21+,54-38-,60-53?,61-40?. The Kier molecular flexibility index (Phi) is 11.8. The van der Waals surface area contributed by atoms with Gasteiger partial charge in [-0.2, -0.15) is 0 Å². The maximum Gasteiger partial charge on any atom is 0.160 e. The molecule has 8 aromatic rings. The third-order valence-electron chi connectivity index (χ3n) is 11.3. The van der Waals surface area contributed by atoms with Crippen molar-refractivity contribution >= 4 is 40.5 Å². The molecule has 300 valence electrons. The van der Waals surface area contributed by atoms with Gasteiger partial charge in [-0.1, -0.05) is 182 Å². The topological polar surface area (TPSA) is 62.0 Å². The quantitative estimate of drug-likeness (QED) is 0.0804. The lowest BCUT2D eigenvalue weighted by Gasteiger charge is -2.19. The van der Waals surface area contributed by atoms with Crippen LogP contribution in [0.1, 0.15) is 30.9 Å². The Morgan fingerprint density at radius 1 is 0.603 bits per heavy atom. The van der Waals surface area contributed by atoms with Gasteiger partial charge < -0.3 is 5.41 Å². The smallest absolute Gasteiger partial charge is 0.160 e. The number of allylic oxidation sites excluding steroid dienone is 5. The molecular formula is C59H44N4. The van der Waals surface area contributed by atoms with E-state index in [0.29, 0.717) is 17.2 Å². The number of aromatic nitrogens is 2. The minimum Gasteiger partial charge on any atom is -0.301 e. The maximum atomic E-state index is 9.07. The summed E-state index contributed by atoms with van der Waals surface area (Å²) in [5.74, 6) is 3.20. The number of fused-ring (bicyclic) bond motifs is 3. The van der Waals surface area contributed by atoms with Gasteiger partial charge in [-0.05, 0) is 105 Å². The fourth-order valence-electron chi connectivity index (χ4n) is 8.17. The molecule has 0 unspecified atom stereocenters. The van der Waals surface area contributed by atoms with Gasteiger partial charge in [0.25, 0.3) is 0 Å². The molecule has 0 radical (unpaired) electrons. The summed E-state index contributed by atoms with van der Waals surface area (Å²) in [5, 5.41) is 14.0. The van der Waals surface area contributed by atoms with Crippen LogP contribution in [0.25, 0.3) is 84.8 Å². The van der Waals surface area contributed by atoms with Crippen LogP contribution in [0.4, 0.5) is 0 Å². The van der Waals surface area contributed by atoms with Crippen molar-refractivity contribution in [2.24, 2.45) is 4.99 Å². The summed E-state index contributed by atoms with van der Waals surface area (Å²) >= 11 is 0. The van der Waals surface area contributed by atoms with E-state index in [-0.39, 0.29) is 0 Å². The largest absolute Gasteiger partial charge is 0.301 e. The van der Waals surface area contributed by atoms with E-state index in [1.807, 2.05) is 92.0 Å². The molecule has 1 aliphatic rings. The second-order valence-electron chi connectivity index (χ2n) is 15.5. The Morgan fingerprint density at radius 2 is 1.19 bits per heavy atom. The third kappa shape index (κ3) is 8.82. The molecule has 0 amide bonds. The molecule has 0 saturated heterocycles. The second kappa shape index (κ2) is 18.6. The van der Waals surface area contributed by atoms with Crippen LogP contribution in [0.2, 0.25) is 0 Å². The Bertz CT molecular complexity index is 3240. The second-order valence-corrected chi connectivity index (χ2v) is 15.5. The van der Waals surface area contributed by atoms with Gasteiger partial charge >= 0.3 is 0 Å². The number of aliphatic imine (C=N–C) groups is 1. The highest BCUT2D eigenvalue weighted by molar-refractivity contribution is 6.11. The molecule has 63 heavy (non-hydrogen) atoms.